The molecule has 0 saturated heterocycles. The second-order valence-corrected chi connectivity index (χ2v) is 7.89. The lowest BCUT2D eigenvalue weighted by atomic mass is 10.0. The third kappa shape index (κ3) is 10.5. The number of nitrogens with one attached hydrogen (secondary N) is 3. The van der Waals surface area contributed by atoms with Gasteiger partial charge in [0.2, 0.25) is 17.7 Å². The molecule has 0 aliphatic carbocycles. The summed E-state index contributed by atoms with van der Waals surface area (Å²) in [4.78, 5) is 48.1. The van der Waals surface area contributed by atoms with Crippen LogP contribution in [0.5, 0.6) is 0 Å². The normalized spacial score (nSPS) is 15.1. The predicted molar refractivity (Wildman–Crippen MR) is 108 cm³/mol. The molecule has 0 bridgehead atoms. The summed E-state index contributed by atoms with van der Waals surface area (Å²) in [5.41, 5.74) is 5.47. The first-order valence-corrected chi connectivity index (χ1v) is 10.6. The van der Waals surface area contributed by atoms with Crippen molar-refractivity contribution in [2.45, 2.75) is 50.9 Å². The summed E-state index contributed by atoms with van der Waals surface area (Å²) in [7, 11) is 0. The molecule has 0 aliphatic rings. The van der Waals surface area contributed by atoms with Gasteiger partial charge in [0.05, 0.1) is 13.2 Å². The van der Waals surface area contributed by atoms with E-state index < -0.39 is 61.1 Å². The zero-order valence-corrected chi connectivity index (χ0v) is 17.7. The van der Waals surface area contributed by atoms with E-state index >= 15 is 0 Å². The van der Waals surface area contributed by atoms with Crippen molar-refractivity contribution in [3.05, 3.63) is 0 Å². The van der Waals surface area contributed by atoms with Crippen LogP contribution in [0.25, 0.3) is 0 Å². The molecule has 0 heterocycles. The van der Waals surface area contributed by atoms with Gasteiger partial charge in [-0.05, 0) is 30.8 Å². The van der Waals surface area contributed by atoms with E-state index in [0.29, 0.717) is 5.75 Å². The molecule has 4 unspecified atom stereocenters. The number of carbonyl (C=O) groups excluding carboxylic acids is 3. The van der Waals surface area contributed by atoms with Crippen LogP contribution < -0.4 is 21.7 Å². The van der Waals surface area contributed by atoms with Crippen LogP contribution in [0.4, 0.5) is 0 Å². The lowest BCUT2D eigenvalue weighted by Crippen LogP contribution is -2.58. The number of carbonyl (C=O) groups is 4. The van der Waals surface area contributed by atoms with Crippen molar-refractivity contribution < 1.29 is 34.5 Å². The highest BCUT2D eigenvalue weighted by Gasteiger charge is 2.30. The Balaban J connectivity index is 5.31. The van der Waals surface area contributed by atoms with Gasteiger partial charge in [-0.3, -0.25) is 14.4 Å². The van der Waals surface area contributed by atoms with Gasteiger partial charge in [-0.25, -0.2) is 4.79 Å². The average molecular weight is 437 g/mol. The van der Waals surface area contributed by atoms with Gasteiger partial charge in [0.15, 0.2) is 0 Å². The van der Waals surface area contributed by atoms with Crippen LogP contribution in [0.1, 0.15) is 26.7 Å². The Hall–Kier alpha value is -1.89. The number of aliphatic hydroxyl groups excluding tert-OH is 2. The maximum absolute atomic E-state index is 12.7. The molecule has 0 radical (unpaired) electrons. The number of aliphatic carboxylic acids is 1. The molecule has 0 aliphatic heterocycles. The molecule has 0 aromatic heterocycles. The largest absolute Gasteiger partial charge is 0.480 e. The number of amides is 3. The van der Waals surface area contributed by atoms with Crippen molar-refractivity contribution in [3.8, 4) is 0 Å². The molecular formula is C17H32N4O7S. The number of hydrogen-bond donors (Lipinski definition) is 7. The Morgan fingerprint density at radius 3 is 1.86 bits per heavy atom. The van der Waals surface area contributed by atoms with Gasteiger partial charge < -0.3 is 37.0 Å². The van der Waals surface area contributed by atoms with E-state index in [2.05, 4.69) is 16.0 Å². The van der Waals surface area contributed by atoms with Crippen molar-refractivity contribution in [2.75, 3.05) is 25.2 Å². The van der Waals surface area contributed by atoms with Crippen molar-refractivity contribution in [2.24, 2.45) is 11.7 Å². The number of nitrogens with two attached hydrogens (primary N) is 1. The van der Waals surface area contributed by atoms with Gasteiger partial charge in [0.25, 0.3) is 0 Å². The first-order chi connectivity index (χ1) is 13.6. The Bertz CT molecular complexity index is 562. The third-order valence-corrected chi connectivity index (χ3v) is 4.56. The van der Waals surface area contributed by atoms with Crippen LogP contribution in [0.2, 0.25) is 0 Å². The topological polar surface area (TPSA) is 191 Å². The quantitative estimate of drug-likeness (QED) is 0.156. The van der Waals surface area contributed by atoms with Crippen molar-refractivity contribution in [3.63, 3.8) is 0 Å². The van der Waals surface area contributed by atoms with E-state index in [1.54, 1.807) is 0 Å². The van der Waals surface area contributed by atoms with Gasteiger partial charge in [0.1, 0.15) is 24.2 Å². The van der Waals surface area contributed by atoms with Crippen LogP contribution in [-0.2, 0) is 19.2 Å². The Kier molecular flexibility index (Phi) is 13.2. The second kappa shape index (κ2) is 14.1. The van der Waals surface area contributed by atoms with E-state index in [1.807, 2.05) is 20.1 Å². The number of rotatable bonds is 14. The van der Waals surface area contributed by atoms with E-state index in [9.17, 15) is 19.2 Å². The second-order valence-electron chi connectivity index (χ2n) is 6.90. The van der Waals surface area contributed by atoms with Crippen LogP contribution >= 0.6 is 11.8 Å². The molecule has 29 heavy (non-hydrogen) atoms. The molecule has 0 aromatic carbocycles. The van der Waals surface area contributed by atoms with Crippen LogP contribution in [0.15, 0.2) is 0 Å². The van der Waals surface area contributed by atoms with Gasteiger partial charge >= 0.3 is 5.97 Å². The highest BCUT2D eigenvalue weighted by molar-refractivity contribution is 7.98. The minimum absolute atomic E-state index is 0.00879. The molecule has 0 aromatic rings. The minimum Gasteiger partial charge on any atom is -0.480 e. The predicted octanol–water partition coefficient (Wildman–Crippen LogP) is -2.36. The van der Waals surface area contributed by atoms with Gasteiger partial charge in [0, 0.05) is 0 Å². The molecular weight excluding hydrogens is 404 g/mol. The fourth-order valence-electron chi connectivity index (χ4n) is 2.30. The van der Waals surface area contributed by atoms with Crippen LogP contribution in [0, 0.1) is 5.92 Å². The van der Waals surface area contributed by atoms with E-state index in [4.69, 9.17) is 21.1 Å². The molecule has 12 heteroatoms. The van der Waals surface area contributed by atoms with Gasteiger partial charge in [-0.1, -0.05) is 13.8 Å². The highest BCUT2D eigenvalue weighted by Crippen LogP contribution is 2.08. The third-order valence-electron chi connectivity index (χ3n) is 3.91. The fourth-order valence-corrected chi connectivity index (χ4v) is 2.77. The molecule has 0 saturated carbocycles. The van der Waals surface area contributed by atoms with Crippen LogP contribution in [0.3, 0.4) is 0 Å². The fraction of sp³-hybridized carbons (Fsp3) is 0.765. The highest BCUT2D eigenvalue weighted by atomic mass is 32.2. The zero-order chi connectivity index (χ0) is 22.6. The summed E-state index contributed by atoms with van der Waals surface area (Å²) >= 11 is 1.45. The summed E-state index contributed by atoms with van der Waals surface area (Å²) in [5, 5.41) is 34.2. The molecule has 0 rings (SSSR count). The molecule has 0 fully saturated rings. The Morgan fingerprint density at radius 1 is 0.897 bits per heavy atom. The van der Waals surface area contributed by atoms with E-state index in [1.165, 1.54) is 11.8 Å². The number of carboxylic acid groups (broad SMARTS) is 1. The summed E-state index contributed by atoms with van der Waals surface area (Å²) in [6.45, 7) is 2.26. The Morgan fingerprint density at radius 2 is 1.41 bits per heavy atom. The number of carboxylic acids is 1. The Labute approximate surface area is 174 Å². The van der Waals surface area contributed by atoms with Crippen molar-refractivity contribution in [1.82, 2.24) is 16.0 Å². The lowest BCUT2D eigenvalue weighted by molar-refractivity contribution is -0.143. The molecule has 168 valence electrons. The summed E-state index contributed by atoms with van der Waals surface area (Å²) in [6, 6.07) is -4.72. The monoisotopic (exact) mass is 436 g/mol. The number of hydrogen-bond acceptors (Lipinski definition) is 8. The van der Waals surface area contributed by atoms with Gasteiger partial charge in [-0.15, -0.1) is 0 Å². The first kappa shape index (κ1) is 27.1. The summed E-state index contributed by atoms with van der Waals surface area (Å²) < 4.78 is 0. The maximum atomic E-state index is 12.7. The number of aliphatic hydroxyl groups is 2. The van der Waals surface area contributed by atoms with E-state index in [-0.39, 0.29) is 18.8 Å². The van der Waals surface area contributed by atoms with Gasteiger partial charge in [-0.2, -0.15) is 11.8 Å². The standard InChI is InChI=1S/C17H32N4O7S/c1-9(2)6-12(16(26)21-13(8-23)17(27)28)20-15(25)11(4-5-29-3)19-14(24)10(18)7-22/h9-13,22-23H,4-8,18H2,1-3H3,(H,19,24)(H,20,25)(H,21,26)(H,27,28). The minimum atomic E-state index is -1.50. The number of thioether (sulfide) groups is 1. The summed E-state index contributed by atoms with van der Waals surface area (Å²) in [6.07, 6.45) is 2.31. The molecule has 0 spiro atoms. The van der Waals surface area contributed by atoms with E-state index in [0.717, 1.165) is 0 Å². The summed E-state index contributed by atoms with van der Waals surface area (Å²) in [5.74, 6) is -2.96. The average Bonchev–Trinajstić information content (AvgIpc) is 2.66. The lowest BCUT2D eigenvalue weighted by Gasteiger charge is -2.25. The van der Waals surface area contributed by atoms with Crippen LogP contribution in [-0.4, -0.2) is 88.4 Å². The molecule has 11 nitrogen and oxygen atoms in total. The van der Waals surface area contributed by atoms with Crippen molar-refractivity contribution in [1.29, 1.82) is 0 Å². The molecule has 3 amide bonds. The molecule has 4 atom stereocenters. The smallest absolute Gasteiger partial charge is 0.328 e. The SMILES string of the molecule is CSCCC(NC(=O)C(N)CO)C(=O)NC(CC(C)C)C(=O)NC(CO)C(=O)O. The van der Waals surface area contributed by atoms with Crippen molar-refractivity contribution >= 4 is 35.5 Å². The maximum Gasteiger partial charge on any atom is 0.328 e. The first-order valence-electron chi connectivity index (χ1n) is 9.17. The zero-order valence-electron chi connectivity index (χ0n) is 16.9. The molecule has 8 N–H and O–H groups in total.